The molecule has 6 heterocycles. The van der Waals surface area contributed by atoms with Crippen LogP contribution in [0.1, 0.15) is 12.1 Å². The molecule has 3 N–H and O–H groups in total. The van der Waals surface area contributed by atoms with Gasteiger partial charge in [0, 0.05) is 18.1 Å². The molecular formula is C21H17N7S. The second-order valence-corrected chi connectivity index (χ2v) is 7.94. The Labute approximate surface area is 169 Å². The molecule has 1 aliphatic rings. The number of aromatic amines is 2. The Bertz CT molecular complexity index is 1360. The highest BCUT2D eigenvalue weighted by Crippen LogP contribution is 2.32. The van der Waals surface area contributed by atoms with Crippen molar-refractivity contribution in [3.05, 3.63) is 53.8 Å². The third-order valence-corrected chi connectivity index (χ3v) is 6.10. The minimum atomic E-state index is 0.730. The van der Waals surface area contributed by atoms with E-state index in [1.54, 1.807) is 11.3 Å². The Morgan fingerprint density at radius 1 is 1.07 bits per heavy atom. The lowest BCUT2D eigenvalue weighted by Crippen LogP contribution is -2.20. The molecule has 142 valence electrons. The number of nitrogens with zero attached hydrogens (tertiary/aromatic N) is 4. The van der Waals surface area contributed by atoms with E-state index < -0.39 is 0 Å². The van der Waals surface area contributed by atoms with Gasteiger partial charge in [0.15, 0.2) is 5.82 Å². The van der Waals surface area contributed by atoms with Gasteiger partial charge in [-0.15, -0.1) is 11.3 Å². The summed E-state index contributed by atoms with van der Waals surface area (Å²) >= 11 is 1.66. The molecule has 0 saturated heterocycles. The third kappa shape index (κ3) is 2.76. The van der Waals surface area contributed by atoms with E-state index in [1.807, 2.05) is 24.5 Å². The maximum absolute atomic E-state index is 4.86. The Kier molecular flexibility index (Phi) is 3.78. The van der Waals surface area contributed by atoms with Gasteiger partial charge in [0.1, 0.15) is 16.9 Å². The topological polar surface area (TPSA) is 95.2 Å². The van der Waals surface area contributed by atoms with Gasteiger partial charge in [0.25, 0.3) is 0 Å². The van der Waals surface area contributed by atoms with Crippen LogP contribution in [0.2, 0.25) is 0 Å². The number of nitrogens with one attached hydrogen (secondary N) is 3. The molecule has 0 amide bonds. The maximum Gasteiger partial charge on any atom is 0.159 e. The molecule has 29 heavy (non-hydrogen) atoms. The predicted octanol–water partition coefficient (Wildman–Crippen LogP) is 4.00. The van der Waals surface area contributed by atoms with Crippen molar-refractivity contribution in [2.24, 2.45) is 0 Å². The molecule has 0 atom stereocenters. The van der Waals surface area contributed by atoms with E-state index in [4.69, 9.17) is 4.98 Å². The first kappa shape index (κ1) is 16.6. The number of thiophene rings is 1. The number of H-pyrrole nitrogens is 2. The maximum atomic E-state index is 4.86. The Morgan fingerprint density at radius 3 is 2.93 bits per heavy atom. The second-order valence-electron chi connectivity index (χ2n) is 6.99. The number of imidazole rings is 1. The average Bonchev–Trinajstić information content (AvgIpc) is 3.52. The zero-order valence-corrected chi connectivity index (χ0v) is 16.3. The fourth-order valence-corrected chi connectivity index (χ4v) is 4.49. The third-order valence-electron chi connectivity index (χ3n) is 5.22. The van der Waals surface area contributed by atoms with Gasteiger partial charge in [-0.1, -0.05) is 12.1 Å². The Balaban J connectivity index is 1.50. The highest BCUT2D eigenvalue weighted by molar-refractivity contribution is 7.13. The molecule has 0 unspecified atom stereocenters. The van der Waals surface area contributed by atoms with Crippen molar-refractivity contribution in [3.63, 3.8) is 0 Å². The summed E-state index contributed by atoms with van der Waals surface area (Å²) in [5.41, 5.74) is 6.66. The largest absolute Gasteiger partial charge is 0.336 e. The number of hydrogen-bond acceptors (Lipinski definition) is 6. The summed E-state index contributed by atoms with van der Waals surface area (Å²) in [6.07, 6.45) is 6.85. The van der Waals surface area contributed by atoms with Crippen LogP contribution in [-0.4, -0.2) is 43.2 Å². The zero-order valence-electron chi connectivity index (χ0n) is 15.4. The van der Waals surface area contributed by atoms with E-state index in [0.29, 0.717) is 0 Å². The molecule has 0 saturated carbocycles. The van der Waals surface area contributed by atoms with Crippen molar-refractivity contribution in [3.8, 4) is 22.1 Å². The number of fused-ring (bicyclic) bond motifs is 2. The Morgan fingerprint density at radius 2 is 2.07 bits per heavy atom. The summed E-state index contributed by atoms with van der Waals surface area (Å²) in [5.74, 6) is 0.730. The van der Waals surface area contributed by atoms with Gasteiger partial charge in [-0.3, -0.25) is 15.1 Å². The van der Waals surface area contributed by atoms with Crippen molar-refractivity contribution >= 4 is 38.8 Å². The molecule has 0 aliphatic carbocycles. The fraction of sp³-hybridized carbons (Fsp3) is 0.143. The van der Waals surface area contributed by atoms with Gasteiger partial charge in [0.05, 0.1) is 27.8 Å². The predicted molar refractivity (Wildman–Crippen MR) is 116 cm³/mol. The Hall–Kier alpha value is -3.36. The highest BCUT2D eigenvalue weighted by atomic mass is 32.1. The van der Waals surface area contributed by atoms with E-state index in [2.05, 4.69) is 54.1 Å². The first-order valence-electron chi connectivity index (χ1n) is 9.50. The van der Waals surface area contributed by atoms with Crippen molar-refractivity contribution in [1.82, 2.24) is 35.5 Å². The molecule has 6 rings (SSSR count). The van der Waals surface area contributed by atoms with Gasteiger partial charge in [0.2, 0.25) is 0 Å². The number of pyridine rings is 2. The molecule has 7 nitrogen and oxygen atoms in total. The fourth-order valence-electron chi connectivity index (χ4n) is 3.77. The van der Waals surface area contributed by atoms with E-state index in [9.17, 15) is 0 Å². The van der Waals surface area contributed by atoms with Crippen molar-refractivity contribution < 1.29 is 0 Å². The average molecular weight is 399 g/mol. The van der Waals surface area contributed by atoms with Crippen LogP contribution >= 0.6 is 11.3 Å². The van der Waals surface area contributed by atoms with Crippen LogP contribution in [0, 0.1) is 0 Å². The molecule has 0 aromatic carbocycles. The van der Waals surface area contributed by atoms with E-state index in [-0.39, 0.29) is 0 Å². The molecule has 5 aromatic heterocycles. The molecule has 8 heteroatoms. The van der Waals surface area contributed by atoms with Gasteiger partial charge in [-0.25, -0.2) is 4.98 Å². The first-order valence-corrected chi connectivity index (χ1v) is 10.4. The van der Waals surface area contributed by atoms with Crippen LogP contribution in [0.3, 0.4) is 0 Å². The van der Waals surface area contributed by atoms with Gasteiger partial charge in [-0.2, -0.15) is 5.10 Å². The SMILES string of the molecule is C1=C(c2cc3c(-c4nc5c(-c6cccs6)nccc5[nH]4)n[nH]c3cn2)CCNC1. The molecule has 1 aliphatic heterocycles. The van der Waals surface area contributed by atoms with Gasteiger partial charge in [-0.05, 0) is 42.1 Å². The molecule has 0 bridgehead atoms. The quantitative estimate of drug-likeness (QED) is 0.426. The van der Waals surface area contributed by atoms with E-state index in [0.717, 1.165) is 69.2 Å². The lowest BCUT2D eigenvalue weighted by Gasteiger charge is -2.13. The molecule has 0 spiro atoms. The number of hydrogen-bond donors (Lipinski definition) is 3. The summed E-state index contributed by atoms with van der Waals surface area (Å²) in [6, 6.07) is 8.15. The van der Waals surface area contributed by atoms with Crippen LogP contribution < -0.4 is 5.32 Å². The lowest BCUT2D eigenvalue weighted by molar-refractivity contribution is 0.737. The monoisotopic (exact) mass is 399 g/mol. The van der Waals surface area contributed by atoms with Crippen LogP contribution in [0.5, 0.6) is 0 Å². The summed E-state index contributed by atoms with van der Waals surface area (Å²) in [4.78, 5) is 18.6. The summed E-state index contributed by atoms with van der Waals surface area (Å²) < 4.78 is 0. The minimum Gasteiger partial charge on any atom is -0.336 e. The van der Waals surface area contributed by atoms with Crippen LogP contribution in [-0.2, 0) is 0 Å². The summed E-state index contributed by atoms with van der Waals surface area (Å²) in [6.45, 7) is 1.86. The smallest absolute Gasteiger partial charge is 0.159 e. The van der Waals surface area contributed by atoms with Crippen LogP contribution in [0.4, 0.5) is 0 Å². The van der Waals surface area contributed by atoms with Crippen molar-refractivity contribution in [2.45, 2.75) is 6.42 Å². The molecule has 0 fully saturated rings. The van der Waals surface area contributed by atoms with Gasteiger partial charge < -0.3 is 10.3 Å². The van der Waals surface area contributed by atoms with Crippen LogP contribution in [0.25, 0.3) is 49.6 Å². The summed E-state index contributed by atoms with van der Waals surface area (Å²) in [7, 11) is 0. The van der Waals surface area contributed by atoms with Gasteiger partial charge >= 0.3 is 0 Å². The van der Waals surface area contributed by atoms with E-state index in [1.165, 1.54) is 5.57 Å². The van der Waals surface area contributed by atoms with E-state index >= 15 is 0 Å². The van der Waals surface area contributed by atoms with Crippen molar-refractivity contribution in [2.75, 3.05) is 13.1 Å². The second kappa shape index (κ2) is 6.61. The minimum absolute atomic E-state index is 0.730. The summed E-state index contributed by atoms with van der Waals surface area (Å²) in [5, 5.41) is 14.0. The lowest BCUT2D eigenvalue weighted by atomic mass is 10.0. The normalized spacial score (nSPS) is 14.6. The number of aromatic nitrogens is 6. The first-order chi connectivity index (χ1) is 14.4. The van der Waals surface area contributed by atoms with Crippen LogP contribution in [0.15, 0.2) is 48.1 Å². The standard InChI is InChI=1S/C21H17N7S/c1-2-17(29-9-1)20-19-14(5-8-23-20)25-21(26-19)18-13-10-15(12-3-6-22-7-4-12)24-11-16(13)27-28-18/h1-3,5,8-11,22H,4,6-7H2,(H,25,26)(H,27,28). The molecule has 0 radical (unpaired) electrons. The number of rotatable bonds is 3. The zero-order chi connectivity index (χ0) is 19.2. The molecule has 5 aromatic rings. The van der Waals surface area contributed by atoms with Crippen molar-refractivity contribution in [1.29, 1.82) is 0 Å². The molecular weight excluding hydrogens is 382 g/mol. The highest BCUT2D eigenvalue weighted by Gasteiger charge is 2.17.